The normalized spacial score (nSPS) is 15.3. The zero-order valence-electron chi connectivity index (χ0n) is 12.2. The van der Waals surface area contributed by atoms with Gasteiger partial charge < -0.3 is 15.4 Å². The number of nitrogens with zero attached hydrogens (tertiary/aromatic N) is 1. The van der Waals surface area contributed by atoms with Gasteiger partial charge in [-0.15, -0.1) is 0 Å². The Morgan fingerprint density at radius 3 is 2.43 bits per heavy atom. The van der Waals surface area contributed by atoms with Crippen LogP contribution in [-0.4, -0.2) is 36.5 Å². The summed E-state index contributed by atoms with van der Waals surface area (Å²) in [7, 11) is 0. The van der Waals surface area contributed by atoms with Gasteiger partial charge >= 0.3 is 5.97 Å². The first-order valence-corrected chi connectivity index (χ1v) is 7.43. The van der Waals surface area contributed by atoms with E-state index in [4.69, 9.17) is 10.5 Å². The second kappa shape index (κ2) is 7.67. The average Bonchev–Trinajstić information content (AvgIpc) is 2.76. The Morgan fingerprint density at radius 2 is 1.76 bits per heavy atom. The summed E-state index contributed by atoms with van der Waals surface area (Å²) in [5, 5.41) is 0. The minimum Gasteiger partial charge on any atom is -0.455 e. The first kappa shape index (κ1) is 15.4. The van der Waals surface area contributed by atoms with Gasteiger partial charge in [0, 0.05) is 18.8 Å². The van der Waals surface area contributed by atoms with E-state index in [0.717, 1.165) is 44.3 Å². The Bertz CT molecular complexity index is 494. The Hall–Kier alpha value is -2.04. The summed E-state index contributed by atoms with van der Waals surface area (Å²) in [5.41, 5.74) is 7.07. The summed E-state index contributed by atoms with van der Waals surface area (Å²) >= 11 is 0. The number of hydrogen-bond donors (Lipinski definition) is 1. The van der Waals surface area contributed by atoms with Gasteiger partial charge in [0.05, 0.1) is 6.42 Å². The van der Waals surface area contributed by atoms with E-state index in [1.54, 1.807) is 17.0 Å². The quantitative estimate of drug-likeness (QED) is 0.677. The molecule has 0 aromatic heterocycles. The number of carbonyl (C=O) groups is 2. The lowest BCUT2D eigenvalue weighted by atomic mass is 10.1. The van der Waals surface area contributed by atoms with Gasteiger partial charge in [0.2, 0.25) is 0 Å². The van der Waals surface area contributed by atoms with Gasteiger partial charge in [0.25, 0.3) is 5.91 Å². The van der Waals surface area contributed by atoms with Gasteiger partial charge in [-0.2, -0.15) is 0 Å². The van der Waals surface area contributed by atoms with Crippen molar-refractivity contribution in [2.45, 2.75) is 32.1 Å². The summed E-state index contributed by atoms with van der Waals surface area (Å²) in [5.74, 6) is -0.526. The van der Waals surface area contributed by atoms with E-state index in [2.05, 4.69) is 0 Å². The lowest BCUT2D eigenvalue weighted by molar-refractivity contribution is -0.151. The van der Waals surface area contributed by atoms with Crippen molar-refractivity contribution in [2.75, 3.05) is 25.4 Å². The number of amides is 1. The van der Waals surface area contributed by atoms with E-state index in [0.29, 0.717) is 5.69 Å². The van der Waals surface area contributed by atoms with Crippen molar-refractivity contribution >= 4 is 17.6 Å². The third-order valence-corrected chi connectivity index (χ3v) is 3.71. The van der Waals surface area contributed by atoms with Crippen molar-refractivity contribution in [2.24, 2.45) is 0 Å². The van der Waals surface area contributed by atoms with Crippen molar-refractivity contribution in [3.05, 3.63) is 29.8 Å². The highest BCUT2D eigenvalue weighted by atomic mass is 16.5. The van der Waals surface area contributed by atoms with Crippen LogP contribution >= 0.6 is 0 Å². The molecule has 0 spiro atoms. The highest BCUT2D eigenvalue weighted by molar-refractivity contribution is 5.81. The first-order valence-electron chi connectivity index (χ1n) is 7.43. The Morgan fingerprint density at radius 1 is 1.10 bits per heavy atom. The third kappa shape index (κ3) is 4.77. The van der Waals surface area contributed by atoms with Crippen molar-refractivity contribution in [3.63, 3.8) is 0 Å². The maximum absolute atomic E-state index is 12.0. The Kier molecular flexibility index (Phi) is 5.60. The molecule has 1 saturated heterocycles. The van der Waals surface area contributed by atoms with Crippen LogP contribution in [0.2, 0.25) is 0 Å². The van der Waals surface area contributed by atoms with Crippen molar-refractivity contribution in [1.82, 2.24) is 4.90 Å². The smallest absolute Gasteiger partial charge is 0.310 e. The lowest BCUT2D eigenvalue weighted by Crippen LogP contribution is -2.35. The number of nitrogen functional groups attached to an aromatic ring is 1. The van der Waals surface area contributed by atoms with Crippen LogP contribution in [0.25, 0.3) is 0 Å². The molecule has 114 valence electrons. The fourth-order valence-corrected chi connectivity index (χ4v) is 2.46. The molecule has 1 fully saturated rings. The SMILES string of the molecule is Nc1ccccc1CC(=O)OCC(=O)N1CCCCCC1. The molecule has 1 aromatic carbocycles. The molecular formula is C16H22N2O3. The molecule has 2 N–H and O–H groups in total. The standard InChI is InChI=1S/C16H22N2O3/c17-14-8-4-3-7-13(14)11-16(20)21-12-15(19)18-9-5-1-2-6-10-18/h3-4,7-8H,1-2,5-6,9-12,17H2. The maximum Gasteiger partial charge on any atom is 0.310 e. The number of anilines is 1. The summed E-state index contributed by atoms with van der Waals surface area (Å²) in [6.07, 6.45) is 4.48. The number of rotatable bonds is 4. The van der Waals surface area contributed by atoms with Crippen LogP contribution in [0, 0.1) is 0 Å². The molecule has 0 radical (unpaired) electrons. The average molecular weight is 290 g/mol. The van der Waals surface area contributed by atoms with Gasteiger partial charge in [-0.05, 0) is 24.5 Å². The van der Waals surface area contributed by atoms with E-state index in [-0.39, 0.29) is 18.9 Å². The molecule has 1 amide bonds. The van der Waals surface area contributed by atoms with Gasteiger partial charge in [0.1, 0.15) is 0 Å². The zero-order chi connectivity index (χ0) is 15.1. The number of para-hydroxylation sites is 1. The van der Waals surface area contributed by atoms with E-state index in [1.165, 1.54) is 0 Å². The van der Waals surface area contributed by atoms with E-state index < -0.39 is 5.97 Å². The molecule has 0 aliphatic carbocycles. The van der Waals surface area contributed by atoms with E-state index >= 15 is 0 Å². The second-order valence-electron chi connectivity index (χ2n) is 5.33. The minimum absolute atomic E-state index is 0.0972. The summed E-state index contributed by atoms with van der Waals surface area (Å²) < 4.78 is 5.07. The molecular weight excluding hydrogens is 268 g/mol. The fourth-order valence-electron chi connectivity index (χ4n) is 2.46. The Labute approximate surface area is 125 Å². The molecule has 5 nitrogen and oxygen atoms in total. The maximum atomic E-state index is 12.0. The number of esters is 1. The van der Waals surface area contributed by atoms with Crippen molar-refractivity contribution < 1.29 is 14.3 Å². The van der Waals surface area contributed by atoms with Crippen LogP contribution < -0.4 is 5.73 Å². The molecule has 5 heteroatoms. The molecule has 1 aromatic rings. The molecule has 0 atom stereocenters. The van der Waals surface area contributed by atoms with Crippen LogP contribution in [-0.2, 0) is 20.7 Å². The summed E-state index contributed by atoms with van der Waals surface area (Å²) in [6, 6.07) is 7.16. The van der Waals surface area contributed by atoms with Crippen LogP contribution in [0.4, 0.5) is 5.69 Å². The predicted octanol–water partition coefficient (Wildman–Crippen LogP) is 1.76. The molecule has 21 heavy (non-hydrogen) atoms. The van der Waals surface area contributed by atoms with Gasteiger partial charge in [-0.3, -0.25) is 9.59 Å². The summed E-state index contributed by atoms with van der Waals surface area (Å²) in [6.45, 7) is 1.36. The predicted molar refractivity (Wildman–Crippen MR) is 80.6 cm³/mol. The molecule has 1 aliphatic rings. The zero-order valence-corrected chi connectivity index (χ0v) is 12.2. The third-order valence-electron chi connectivity index (χ3n) is 3.71. The lowest BCUT2D eigenvalue weighted by Gasteiger charge is -2.19. The molecule has 0 bridgehead atoms. The number of hydrogen-bond acceptors (Lipinski definition) is 4. The Balaban J connectivity index is 1.78. The van der Waals surface area contributed by atoms with Crippen LogP contribution in [0.15, 0.2) is 24.3 Å². The van der Waals surface area contributed by atoms with Crippen LogP contribution in [0.3, 0.4) is 0 Å². The second-order valence-corrected chi connectivity index (χ2v) is 5.33. The number of benzene rings is 1. The molecule has 2 rings (SSSR count). The molecule has 1 aliphatic heterocycles. The molecule has 0 unspecified atom stereocenters. The minimum atomic E-state index is -0.420. The van der Waals surface area contributed by atoms with Gasteiger partial charge in [-0.1, -0.05) is 31.0 Å². The number of nitrogens with two attached hydrogens (primary N) is 1. The fraction of sp³-hybridized carbons (Fsp3) is 0.500. The number of ether oxygens (including phenoxy) is 1. The highest BCUT2D eigenvalue weighted by Crippen LogP contribution is 2.12. The summed E-state index contributed by atoms with van der Waals surface area (Å²) in [4.78, 5) is 25.6. The monoisotopic (exact) mass is 290 g/mol. The van der Waals surface area contributed by atoms with E-state index in [9.17, 15) is 9.59 Å². The molecule has 0 saturated carbocycles. The molecule has 1 heterocycles. The first-order chi connectivity index (χ1) is 10.2. The van der Waals surface area contributed by atoms with Gasteiger partial charge in [-0.25, -0.2) is 0 Å². The topological polar surface area (TPSA) is 72.6 Å². The van der Waals surface area contributed by atoms with Gasteiger partial charge in [0.15, 0.2) is 6.61 Å². The van der Waals surface area contributed by atoms with Crippen molar-refractivity contribution in [3.8, 4) is 0 Å². The number of likely N-dealkylation sites (tertiary alicyclic amines) is 1. The van der Waals surface area contributed by atoms with Crippen LogP contribution in [0.1, 0.15) is 31.2 Å². The van der Waals surface area contributed by atoms with Crippen LogP contribution in [0.5, 0.6) is 0 Å². The van der Waals surface area contributed by atoms with Crippen molar-refractivity contribution in [1.29, 1.82) is 0 Å². The van der Waals surface area contributed by atoms with E-state index in [1.807, 2.05) is 12.1 Å². The largest absolute Gasteiger partial charge is 0.455 e. The highest BCUT2D eigenvalue weighted by Gasteiger charge is 2.17. The number of carbonyl (C=O) groups excluding carboxylic acids is 2.